The summed E-state index contributed by atoms with van der Waals surface area (Å²) in [7, 11) is 2.19. The van der Waals surface area contributed by atoms with E-state index < -0.39 is 0 Å². The third-order valence-electron chi connectivity index (χ3n) is 3.19. The first-order chi connectivity index (χ1) is 5.20. The maximum atomic E-state index is 9.23. The maximum Gasteiger partial charge on any atom is 0.0551 e. The van der Waals surface area contributed by atoms with Gasteiger partial charge in [-0.05, 0) is 44.7 Å². The fourth-order valence-corrected chi connectivity index (χ4v) is 2.73. The molecule has 1 aliphatic heterocycles. The number of hydrogen-bond acceptors (Lipinski definition) is 2. The molecule has 0 atom stereocenters. The van der Waals surface area contributed by atoms with Gasteiger partial charge in [-0.25, -0.2) is 0 Å². The summed E-state index contributed by atoms with van der Waals surface area (Å²) in [5, 5.41) is 9.23. The molecule has 0 amide bonds. The van der Waals surface area contributed by atoms with Crippen LogP contribution in [-0.2, 0) is 0 Å². The van der Waals surface area contributed by atoms with Crippen molar-refractivity contribution in [1.82, 2.24) is 4.90 Å². The largest absolute Gasteiger partial charge is 0.393 e. The number of nitrogens with zero attached hydrogens (tertiary/aromatic N) is 1. The van der Waals surface area contributed by atoms with Gasteiger partial charge in [0.2, 0.25) is 0 Å². The van der Waals surface area contributed by atoms with Gasteiger partial charge in [-0.3, -0.25) is 0 Å². The summed E-state index contributed by atoms with van der Waals surface area (Å²) in [6.07, 6.45) is 4.79. The van der Waals surface area contributed by atoms with Crippen LogP contribution in [0.15, 0.2) is 0 Å². The highest BCUT2D eigenvalue weighted by atomic mass is 16.3. The first-order valence-corrected chi connectivity index (χ1v) is 4.57. The Bertz CT molecular complexity index is 146. The molecule has 11 heavy (non-hydrogen) atoms. The van der Waals surface area contributed by atoms with E-state index in [4.69, 9.17) is 0 Å². The lowest BCUT2D eigenvalue weighted by molar-refractivity contribution is -0.0694. The molecule has 2 heteroatoms. The van der Waals surface area contributed by atoms with Crippen LogP contribution in [0.1, 0.15) is 25.7 Å². The molecular weight excluding hydrogens is 138 g/mol. The predicted molar refractivity (Wildman–Crippen MR) is 44.4 cm³/mol. The van der Waals surface area contributed by atoms with Crippen molar-refractivity contribution in [3.05, 3.63) is 0 Å². The highest BCUT2D eigenvalue weighted by Gasteiger charge is 2.44. The highest BCUT2D eigenvalue weighted by molar-refractivity contribution is 4.97. The van der Waals surface area contributed by atoms with E-state index in [0.717, 1.165) is 12.8 Å². The lowest BCUT2D eigenvalue weighted by Crippen LogP contribution is -2.51. The van der Waals surface area contributed by atoms with E-state index in [1.165, 1.54) is 25.9 Å². The molecular formula is C9H17NO. The van der Waals surface area contributed by atoms with Crippen molar-refractivity contribution in [2.75, 3.05) is 20.1 Å². The van der Waals surface area contributed by atoms with Crippen LogP contribution < -0.4 is 0 Å². The minimum absolute atomic E-state index is 0.0153. The second-order valence-corrected chi connectivity index (χ2v) is 4.40. The zero-order chi connectivity index (χ0) is 7.90. The molecule has 2 aliphatic rings. The summed E-state index contributed by atoms with van der Waals surface area (Å²) >= 11 is 0. The van der Waals surface area contributed by atoms with E-state index in [1.807, 2.05) is 0 Å². The number of hydrogen-bond donors (Lipinski definition) is 1. The number of aliphatic hydroxyl groups is 1. The Labute approximate surface area is 68.2 Å². The minimum Gasteiger partial charge on any atom is -0.393 e. The van der Waals surface area contributed by atoms with Crippen molar-refractivity contribution in [2.45, 2.75) is 31.8 Å². The van der Waals surface area contributed by atoms with Crippen LogP contribution in [0.3, 0.4) is 0 Å². The molecule has 1 saturated carbocycles. The summed E-state index contributed by atoms with van der Waals surface area (Å²) in [5.74, 6) is 0. The van der Waals surface area contributed by atoms with Gasteiger partial charge in [0, 0.05) is 6.54 Å². The Kier molecular flexibility index (Phi) is 1.69. The molecule has 2 rings (SSSR count). The Balaban J connectivity index is 1.93. The average Bonchev–Trinajstić information content (AvgIpc) is 1.84. The zero-order valence-electron chi connectivity index (χ0n) is 7.21. The summed E-state index contributed by atoms with van der Waals surface area (Å²) in [5.41, 5.74) is 0.520. The van der Waals surface area contributed by atoms with Crippen molar-refractivity contribution in [3.8, 4) is 0 Å². The highest BCUT2D eigenvalue weighted by Crippen LogP contribution is 2.47. The molecule has 2 nitrogen and oxygen atoms in total. The van der Waals surface area contributed by atoms with Crippen LogP contribution in [0.5, 0.6) is 0 Å². The third-order valence-corrected chi connectivity index (χ3v) is 3.19. The number of likely N-dealkylation sites (tertiary alicyclic amines) is 1. The Morgan fingerprint density at radius 2 is 2.18 bits per heavy atom. The van der Waals surface area contributed by atoms with E-state index in [0.29, 0.717) is 5.41 Å². The van der Waals surface area contributed by atoms with Gasteiger partial charge in [0.1, 0.15) is 0 Å². The third kappa shape index (κ3) is 1.30. The molecule has 1 N–H and O–H groups in total. The predicted octanol–water partition coefficient (Wildman–Crippen LogP) is 0.853. The van der Waals surface area contributed by atoms with Gasteiger partial charge in [-0.15, -0.1) is 0 Å². The van der Waals surface area contributed by atoms with Gasteiger partial charge in [0.05, 0.1) is 6.10 Å². The molecule has 0 aromatic heterocycles. The topological polar surface area (TPSA) is 23.5 Å². The van der Waals surface area contributed by atoms with Gasteiger partial charge in [0.15, 0.2) is 0 Å². The second kappa shape index (κ2) is 2.46. The van der Waals surface area contributed by atoms with Crippen LogP contribution in [0, 0.1) is 5.41 Å². The normalized spacial score (nSPS) is 45.8. The quantitative estimate of drug-likeness (QED) is 0.560. The van der Waals surface area contributed by atoms with E-state index in [2.05, 4.69) is 11.9 Å². The molecule has 0 aromatic carbocycles. The fraction of sp³-hybridized carbons (Fsp3) is 1.00. The molecule has 64 valence electrons. The molecule has 1 saturated heterocycles. The molecule has 1 aliphatic carbocycles. The average molecular weight is 155 g/mol. The molecule has 0 unspecified atom stereocenters. The summed E-state index contributed by atoms with van der Waals surface area (Å²) in [4.78, 5) is 2.40. The standard InChI is InChI=1S/C9H17NO/c1-10-4-2-3-9(7-10)5-8(11)6-9/h8,11H,2-7H2,1H3. The molecule has 1 heterocycles. The Hall–Kier alpha value is -0.0800. The Morgan fingerprint density at radius 3 is 2.73 bits per heavy atom. The minimum atomic E-state index is 0.0153. The van der Waals surface area contributed by atoms with Gasteiger partial charge in [-0.1, -0.05) is 0 Å². The number of rotatable bonds is 0. The first kappa shape index (κ1) is 7.56. The van der Waals surface area contributed by atoms with Crippen molar-refractivity contribution in [3.63, 3.8) is 0 Å². The second-order valence-electron chi connectivity index (χ2n) is 4.40. The van der Waals surface area contributed by atoms with Crippen molar-refractivity contribution in [1.29, 1.82) is 0 Å². The van der Waals surface area contributed by atoms with E-state index in [1.54, 1.807) is 0 Å². The zero-order valence-corrected chi connectivity index (χ0v) is 7.21. The van der Waals surface area contributed by atoms with Gasteiger partial charge in [-0.2, -0.15) is 0 Å². The van der Waals surface area contributed by atoms with Crippen molar-refractivity contribution < 1.29 is 5.11 Å². The smallest absolute Gasteiger partial charge is 0.0551 e. The van der Waals surface area contributed by atoms with Crippen LogP contribution >= 0.6 is 0 Å². The monoisotopic (exact) mass is 155 g/mol. The number of aliphatic hydroxyl groups excluding tert-OH is 1. The molecule has 2 fully saturated rings. The van der Waals surface area contributed by atoms with Gasteiger partial charge < -0.3 is 10.0 Å². The molecule has 0 aromatic rings. The van der Waals surface area contributed by atoms with Crippen LogP contribution in [0.25, 0.3) is 0 Å². The maximum absolute atomic E-state index is 9.23. The number of piperidine rings is 1. The van der Waals surface area contributed by atoms with E-state index in [9.17, 15) is 5.11 Å². The van der Waals surface area contributed by atoms with Crippen LogP contribution in [0.4, 0.5) is 0 Å². The van der Waals surface area contributed by atoms with Crippen LogP contribution in [0.2, 0.25) is 0 Å². The van der Waals surface area contributed by atoms with Crippen LogP contribution in [-0.4, -0.2) is 36.2 Å². The summed E-state index contributed by atoms with van der Waals surface area (Å²) < 4.78 is 0. The lowest BCUT2D eigenvalue weighted by atomic mass is 9.63. The van der Waals surface area contributed by atoms with Gasteiger partial charge in [0.25, 0.3) is 0 Å². The Morgan fingerprint density at radius 1 is 1.45 bits per heavy atom. The first-order valence-electron chi connectivity index (χ1n) is 4.57. The summed E-state index contributed by atoms with van der Waals surface area (Å²) in [6, 6.07) is 0. The fourth-order valence-electron chi connectivity index (χ4n) is 2.73. The SMILES string of the molecule is CN1CCCC2(CC(O)C2)C1. The summed E-state index contributed by atoms with van der Waals surface area (Å²) in [6.45, 7) is 2.46. The van der Waals surface area contributed by atoms with Crippen molar-refractivity contribution in [2.24, 2.45) is 5.41 Å². The van der Waals surface area contributed by atoms with E-state index in [-0.39, 0.29) is 6.10 Å². The van der Waals surface area contributed by atoms with Gasteiger partial charge >= 0.3 is 0 Å². The molecule has 1 spiro atoms. The molecule has 0 radical (unpaired) electrons. The molecule has 0 bridgehead atoms. The lowest BCUT2D eigenvalue weighted by Gasteiger charge is -2.50. The van der Waals surface area contributed by atoms with Crippen molar-refractivity contribution >= 4 is 0 Å². The van der Waals surface area contributed by atoms with E-state index >= 15 is 0 Å².